The summed E-state index contributed by atoms with van der Waals surface area (Å²) in [6.45, 7) is 2.57. The third-order valence-corrected chi connectivity index (χ3v) is 5.73. The number of nitrogens with zero attached hydrogens (tertiary/aromatic N) is 2. The zero-order valence-electron chi connectivity index (χ0n) is 16.1. The van der Waals surface area contributed by atoms with E-state index in [2.05, 4.69) is 22.6 Å². The van der Waals surface area contributed by atoms with Gasteiger partial charge in [0.15, 0.2) is 0 Å². The van der Waals surface area contributed by atoms with Gasteiger partial charge in [-0.3, -0.25) is 9.59 Å². The summed E-state index contributed by atoms with van der Waals surface area (Å²) in [5.41, 5.74) is 1.83. The molecule has 0 aliphatic carbocycles. The summed E-state index contributed by atoms with van der Waals surface area (Å²) in [7, 11) is 1.64. The standard InChI is InChI=1S/C22H25IN2O3/c1-28-20-10-3-17(4-11-20)5-12-21(26)24-13-2-14-25(16-15-24)22(27)18-6-8-19(23)9-7-18/h3-4,6-11H,2,5,12-16H2,1H3. The minimum absolute atomic E-state index is 0.0453. The van der Waals surface area contributed by atoms with Crippen molar-refractivity contribution in [2.75, 3.05) is 33.3 Å². The average molecular weight is 492 g/mol. The van der Waals surface area contributed by atoms with Gasteiger partial charge in [-0.2, -0.15) is 0 Å². The van der Waals surface area contributed by atoms with Crippen LogP contribution in [0.3, 0.4) is 0 Å². The maximum absolute atomic E-state index is 12.7. The quantitative estimate of drug-likeness (QED) is 0.600. The van der Waals surface area contributed by atoms with Gasteiger partial charge in [0.05, 0.1) is 7.11 Å². The molecule has 0 unspecified atom stereocenters. The minimum Gasteiger partial charge on any atom is -0.497 e. The topological polar surface area (TPSA) is 49.9 Å². The Hall–Kier alpha value is -2.09. The number of rotatable bonds is 5. The molecular weight excluding hydrogens is 467 g/mol. The lowest BCUT2D eigenvalue weighted by atomic mass is 10.1. The van der Waals surface area contributed by atoms with Crippen molar-refractivity contribution in [1.82, 2.24) is 9.80 Å². The molecule has 2 aromatic rings. The van der Waals surface area contributed by atoms with Gasteiger partial charge in [-0.25, -0.2) is 0 Å². The summed E-state index contributed by atoms with van der Waals surface area (Å²) < 4.78 is 6.27. The highest BCUT2D eigenvalue weighted by Gasteiger charge is 2.22. The van der Waals surface area contributed by atoms with E-state index < -0.39 is 0 Å². The number of carbonyl (C=O) groups is 2. The number of hydrogen-bond acceptors (Lipinski definition) is 3. The van der Waals surface area contributed by atoms with E-state index in [1.165, 1.54) is 0 Å². The van der Waals surface area contributed by atoms with Crippen molar-refractivity contribution >= 4 is 34.4 Å². The number of benzene rings is 2. The van der Waals surface area contributed by atoms with Crippen LogP contribution in [0.4, 0.5) is 0 Å². The molecule has 0 aromatic heterocycles. The molecule has 6 heteroatoms. The lowest BCUT2D eigenvalue weighted by Crippen LogP contribution is -2.37. The molecule has 148 valence electrons. The van der Waals surface area contributed by atoms with E-state index in [9.17, 15) is 9.59 Å². The highest BCUT2D eigenvalue weighted by atomic mass is 127. The molecule has 5 nitrogen and oxygen atoms in total. The smallest absolute Gasteiger partial charge is 0.253 e. The molecule has 28 heavy (non-hydrogen) atoms. The molecule has 3 rings (SSSR count). The fourth-order valence-electron chi connectivity index (χ4n) is 3.35. The van der Waals surface area contributed by atoms with Crippen molar-refractivity contribution in [2.45, 2.75) is 19.3 Å². The van der Waals surface area contributed by atoms with E-state index in [0.29, 0.717) is 44.6 Å². The van der Waals surface area contributed by atoms with E-state index in [4.69, 9.17) is 4.74 Å². The van der Waals surface area contributed by atoms with Crippen LogP contribution in [0.5, 0.6) is 5.75 Å². The molecule has 0 bridgehead atoms. The van der Waals surface area contributed by atoms with Crippen LogP contribution in [0, 0.1) is 3.57 Å². The van der Waals surface area contributed by atoms with E-state index in [1.54, 1.807) is 7.11 Å². The molecule has 0 saturated carbocycles. The molecule has 0 spiro atoms. The first-order valence-electron chi connectivity index (χ1n) is 9.52. The van der Waals surface area contributed by atoms with Crippen molar-refractivity contribution in [3.05, 3.63) is 63.2 Å². The van der Waals surface area contributed by atoms with Gasteiger partial charge in [-0.05, 0) is 77.4 Å². The van der Waals surface area contributed by atoms with Gasteiger partial charge in [0.25, 0.3) is 5.91 Å². The maximum Gasteiger partial charge on any atom is 0.253 e. The predicted octanol–water partition coefficient (Wildman–Crippen LogP) is 3.61. The van der Waals surface area contributed by atoms with Gasteiger partial charge < -0.3 is 14.5 Å². The van der Waals surface area contributed by atoms with Crippen LogP contribution in [0.2, 0.25) is 0 Å². The maximum atomic E-state index is 12.7. The molecule has 1 aliphatic rings. The normalized spacial score (nSPS) is 14.5. The van der Waals surface area contributed by atoms with Crippen LogP contribution in [0.1, 0.15) is 28.8 Å². The van der Waals surface area contributed by atoms with Gasteiger partial charge in [0.1, 0.15) is 5.75 Å². The zero-order valence-corrected chi connectivity index (χ0v) is 18.2. The number of amides is 2. The van der Waals surface area contributed by atoms with Gasteiger partial charge >= 0.3 is 0 Å². The van der Waals surface area contributed by atoms with E-state index in [-0.39, 0.29) is 11.8 Å². The second-order valence-corrected chi connectivity index (χ2v) is 8.13. The lowest BCUT2D eigenvalue weighted by molar-refractivity contribution is -0.131. The molecule has 0 radical (unpaired) electrons. The zero-order chi connectivity index (χ0) is 19.9. The first kappa shape index (κ1) is 20.6. The Morgan fingerprint density at radius 2 is 1.57 bits per heavy atom. The number of aryl methyl sites for hydroxylation is 1. The van der Waals surface area contributed by atoms with Crippen molar-refractivity contribution < 1.29 is 14.3 Å². The second kappa shape index (κ2) is 9.91. The molecule has 2 amide bonds. The van der Waals surface area contributed by atoms with E-state index >= 15 is 0 Å². The van der Waals surface area contributed by atoms with E-state index in [1.807, 2.05) is 58.3 Å². The summed E-state index contributed by atoms with van der Waals surface area (Å²) in [6, 6.07) is 15.5. The molecule has 2 aromatic carbocycles. The summed E-state index contributed by atoms with van der Waals surface area (Å²) in [4.78, 5) is 29.1. The van der Waals surface area contributed by atoms with Crippen molar-refractivity contribution in [1.29, 1.82) is 0 Å². The average Bonchev–Trinajstić information content (AvgIpc) is 2.99. The number of carbonyl (C=O) groups excluding carboxylic acids is 2. The molecular formula is C22H25IN2O3. The van der Waals surface area contributed by atoms with Crippen LogP contribution in [0.15, 0.2) is 48.5 Å². The first-order valence-corrected chi connectivity index (χ1v) is 10.6. The van der Waals surface area contributed by atoms with Gasteiger partial charge in [0, 0.05) is 41.7 Å². The Balaban J connectivity index is 1.51. The summed E-state index contributed by atoms with van der Waals surface area (Å²) in [6.07, 6.45) is 2.01. The van der Waals surface area contributed by atoms with Crippen LogP contribution >= 0.6 is 22.6 Å². The van der Waals surface area contributed by atoms with Gasteiger partial charge in [-0.15, -0.1) is 0 Å². The highest BCUT2D eigenvalue weighted by molar-refractivity contribution is 14.1. The molecule has 1 aliphatic heterocycles. The van der Waals surface area contributed by atoms with Crippen LogP contribution in [-0.2, 0) is 11.2 Å². The molecule has 1 fully saturated rings. The molecule has 0 atom stereocenters. The number of methoxy groups -OCH3 is 1. The van der Waals surface area contributed by atoms with Crippen molar-refractivity contribution in [3.63, 3.8) is 0 Å². The third-order valence-electron chi connectivity index (χ3n) is 5.01. The Morgan fingerprint density at radius 3 is 2.25 bits per heavy atom. The first-order chi connectivity index (χ1) is 13.6. The van der Waals surface area contributed by atoms with Crippen molar-refractivity contribution in [2.24, 2.45) is 0 Å². The fraction of sp³-hybridized carbons (Fsp3) is 0.364. The Bertz CT molecular complexity index is 806. The largest absolute Gasteiger partial charge is 0.497 e. The Morgan fingerprint density at radius 1 is 0.929 bits per heavy atom. The molecule has 1 saturated heterocycles. The van der Waals surface area contributed by atoms with Gasteiger partial charge in [-0.1, -0.05) is 12.1 Å². The number of ether oxygens (including phenoxy) is 1. The highest BCUT2D eigenvalue weighted by Crippen LogP contribution is 2.15. The Labute approximate surface area is 179 Å². The summed E-state index contributed by atoms with van der Waals surface area (Å²) >= 11 is 2.23. The van der Waals surface area contributed by atoms with Crippen LogP contribution < -0.4 is 4.74 Å². The summed E-state index contributed by atoms with van der Waals surface area (Å²) in [5, 5.41) is 0. The van der Waals surface area contributed by atoms with Crippen molar-refractivity contribution in [3.8, 4) is 5.75 Å². The van der Waals surface area contributed by atoms with Crippen LogP contribution in [0.25, 0.3) is 0 Å². The second-order valence-electron chi connectivity index (χ2n) is 6.88. The lowest BCUT2D eigenvalue weighted by Gasteiger charge is -2.22. The van der Waals surface area contributed by atoms with Crippen LogP contribution in [-0.4, -0.2) is 54.9 Å². The third kappa shape index (κ3) is 5.47. The predicted molar refractivity (Wildman–Crippen MR) is 118 cm³/mol. The monoisotopic (exact) mass is 492 g/mol. The Kier molecular flexibility index (Phi) is 7.30. The van der Waals surface area contributed by atoms with E-state index in [0.717, 1.165) is 21.3 Å². The fourth-order valence-corrected chi connectivity index (χ4v) is 3.71. The molecule has 0 N–H and O–H groups in total. The number of halogens is 1. The SMILES string of the molecule is COc1ccc(CCC(=O)N2CCCN(C(=O)c3ccc(I)cc3)CC2)cc1. The van der Waals surface area contributed by atoms with Gasteiger partial charge in [0.2, 0.25) is 5.91 Å². The number of hydrogen-bond donors (Lipinski definition) is 0. The summed E-state index contributed by atoms with van der Waals surface area (Å²) in [5.74, 6) is 1.02. The molecule has 1 heterocycles. The minimum atomic E-state index is 0.0453.